The van der Waals surface area contributed by atoms with Crippen LogP contribution >= 0.6 is 0 Å². The molecule has 2 aliphatic heterocycles. The van der Waals surface area contributed by atoms with Crippen LogP contribution in [0.1, 0.15) is 26.7 Å². The first-order valence-corrected chi connectivity index (χ1v) is 6.05. The Balaban J connectivity index is 0.000000461. The molecule has 3 heteroatoms. The van der Waals surface area contributed by atoms with Crippen molar-refractivity contribution in [3.05, 3.63) is 0 Å². The highest BCUT2D eigenvalue weighted by atomic mass is 15.3. The molecule has 2 rings (SSSR count). The van der Waals surface area contributed by atoms with Crippen LogP contribution in [0.25, 0.3) is 0 Å². The summed E-state index contributed by atoms with van der Waals surface area (Å²) in [5.74, 6) is 0.781. The average Bonchev–Trinajstić information content (AvgIpc) is 2.62. The summed E-state index contributed by atoms with van der Waals surface area (Å²) in [6.07, 6.45) is 2.79. The fraction of sp³-hybridized carbons (Fsp3) is 1.00. The van der Waals surface area contributed by atoms with E-state index in [1.807, 2.05) is 13.8 Å². The molecule has 0 aliphatic carbocycles. The molecule has 0 aromatic heterocycles. The van der Waals surface area contributed by atoms with Gasteiger partial charge in [-0.1, -0.05) is 20.7 Å². The number of piperazine rings is 1. The smallest absolute Gasteiger partial charge is 0.129 e. The summed E-state index contributed by atoms with van der Waals surface area (Å²) in [5.41, 5.74) is 0. The number of hydrogen-bond acceptors (Lipinski definition) is 2. The molecule has 0 bridgehead atoms. The highest BCUT2D eigenvalue weighted by Crippen LogP contribution is 2.26. The zero-order valence-electron chi connectivity index (χ0n) is 10.2. The molecular weight excluding hydrogens is 171 g/mol. The lowest BCUT2D eigenvalue weighted by molar-refractivity contribution is 0.114. The van der Waals surface area contributed by atoms with E-state index < -0.39 is 0 Å². The van der Waals surface area contributed by atoms with Gasteiger partial charge in [-0.25, -0.2) is 0 Å². The summed E-state index contributed by atoms with van der Waals surface area (Å²) in [7, 11) is 4.60. The normalized spacial score (nSPS) is 33.1. The molecule has 0 N–H and O–H groups in total. The third-order valence-electron chi connectivity index (χ3n) is 3.34. The summed E-state index contributed by atoms with van der Waals surface area (Å²) in [5, 5.41) is 0. The summed E-state index contributed by atoms with van der Waals surface area (Å²) in [6.45, 7) is 10.0. The van der Waals surface area contributed by atoms with E-state index in [2.05, 4.69) is 31.0 Å². The SMILES string of the molecule is CC.C[B]C1CCC2CN(C)CCN12. The van der Waals surface area contributed by atoms with Crippen LogP contribution in [0.2, 0.25) is 6.82 Å². The first kappa shape index (κ1) is 12.1. The molecule has 14 heavy (non-hydrogen) atoms. The zero-order valence-corrected chi connectivity index (χ0v) is 10.2. The highest BCUT2D eigenvalue weighted by molar-refractivity contribution is 6.35. The van der Waals surface area contributed by atoms with Crippen LogP contribution in [-0.4, -0.2) is 55.7 Å². The first-order chi connectivity index (χ1) is 6.81. The Bertz CT molecular complexity index is 163. The molecule has 2 heterocycles. The maximum absolute atomic E-state index is 2.68. The predicted molar refractivity (Wildman–Crippen MR) is 64.0 cm³/mol. The molecular formula is C11H24BN2. The van der Waals surface area contributed by atoms with Crippen molar-refractivity contribution in [3.63, 3.8) is 0 Å². The van der Waals surface area contributed by atoms with Gasteiger partial charge < -0.3 is 9.80 Å². The van der Waals surface area contributed by atoms with Gasteiger partial charge in [-0.2, -0.15) is 0 Å². The van der Waals surface area contributed by atoms with Gasteiger partial charge in [0.1, 0.15) is 7.28 Å². The van der Waals surface area contributed by atoms with Crippen molar-refractivity contribution in [1.29, 1.82) is 0 Å². The van der Waals surface area contributed by atoms with Gasteiger partial charge in [0.2, 0.25) is 0 Å². The first-order valence-electron chi connectivity index (χ1n) is 6.05. The molecule has 2 saturated heterocycles. The van der Waals surface area contributed by atoms with Crippen molar-refractivity contribution in [3.8, 4) is 0 Å². The van der Waals surface area contributed by atoms with Crippen LogP contribution in [-0.2, 0) is 0 Å². The molecule has 2 unspecified atom stereocenters. The maximum Gasteiger partial charge on any atom is 0.129 e. The minimum absolute atomic E-state index is 0.781. The summed E-state index contributed by atoms with van der Waals surface area (Å²) in [6, 6.07) is 0.852. The van der Waals surface area contributed by atoms with Gasteiger partial charge in [-0.3, -0.25) is 0 Å². The van der Waals surface area contributed by atoms with Crippen LogP contribution < -0.4 is 0 Å². The average molecular weight is 195 g/mol. The zero-order chi connectivity index (χ0) is 10.6. The van der Waals surface area contributed by atoms with Gasteiger partial charge in [-0.15, -0.1) is 0 Å². The Hall–Kier alpha value is -0.0151. The molecule has 2 aliphatic rings. The second-order valence-corrected chi connectivity index (χ2v) is 4.13. The van der Waals surface area contributed by atoms with Gasteiger partial charge in [0.15, 0.2) is 0 Å². The molecule has 0 saturated carbocycles. The van der Waals surface area contributed by atoms with E-state index in [1.54, 1.807) is 0 Å². The van der Waals surface area contributed by atoms with Crippen molar-refractivity contribution >= 4 is 7.28 Å². The quantitative estimate of drug-likeness (QED) is 0.585. The standard InChI is InChI=1S/C9H18BN2.C2H6/c1-10-9-4-3-8-7-11(2)5-6-12(8)9;1-2/h8-9H,3-7H2,1-2H3;1-2H3. The Morgan fingerprint density at radius 3 is 2.50 bits per heavy atom. The van der Waals surface area contributed by atoms with Crippen LogP contribution in [0.15, 0.2) is 0 Å². The molecule has 0 aromatic rings. The Morgan fingerprint density at radius 2 is 1.86 bits per heavy atom. The molecule has 2 fully saturated rings. The Labute approximate surface area is 89.9 Å². The molecule has 81 valence electrons. The lowest BCUT2D eigenvalue weighted by Gasteiger charge is -2.38. The third kappa shape index (κ3) is 2.51. The second-order valence-electron chi connectivity index (χ2n) is 4.13. The Kier molecular flexibility index (Phi) is 4.97. The largest absolute Gasteiger partial charge is 0.304 e. The third-order valence-corrected chi connectivity index (χ3v) is 3.34. The van der Waals surface area contributed by atoms with E-state index in [0.717, 1.165) is 12.0 Å². The lowest BCUT2D eigenvalue weighted by atomic mass is 9.71. The molecule has 0 spiro atoms. The van der Waals surface area contributed by atoms with E-state index in [0.29, 0.717) is 0 Å². The van der Waals surface area contributed by atoms with Crippen LogP contribution in [0, 0.1) is 0 Å². The Morgan fingerprint density at radius 1 is 1.14 bits per heavy atom. The minimum atomic E-state index is 0.781. The number of hydrogen-bond donors (Lipinski definition) is 0. The van der Waals surface area contributed by atoms with E-state index in [4.69, 9.17) is 0 Å². The van der Waals surface area contributed by atoms with Crippen LogP contribution in [0.5, 0.6) is 0 Å². The molecule has 0 amide bonds. The second kappa shape index (κ2) is 5.77. The van der Waals surface area contributed by atoms with E-state index in [9.17, 15) is 0 Å². The van der Waals surface area contributed by atoms with E-state index in [1.165, 1.54) is 32.5 Å². The highest BCUT2D eigenvalue weighted by Gasteiger charge is 2.34. The van der Waals surface area contributed by atoms with Gasteiger partial charge in [0.25, 0.3) is 0 Å². The van der Waals surface area contributed by atoms with Gasteiger partial charge >= 0.3 is 0 Å². The summed E-state index contributed by atoms with van der Waals surface area (Å²) >= 11 is 0. The van der Waals surface area contributed by atoms with Crippen molar-refractivity contribution in [2.75, 3.05) is 26.7 Å². The number of likely N-dealkylation sites (N-methyl/N-ethyl adjacent to an activating group) is 1. The number of rotatable bonds is 1. The monoisotopic (exact) mass is 195 g/mol. The van der Waals surface area contributed by atoms with Crippen molar-refractivity contribution < 1.29 is 0 Å². The van der Waals surface area contributed by atoms with E-state index >= 15 is 0 Å². The molecule has 0 aromatic carbocycles. The summed E-state index contributed by atoms with van der Waals surface area (Å²) in [4.78, 5) is 5.14. The van der Waals surface area contributed by atoms with Gasteiger partial charge in [0, 0.05) is 25.7 Å². The molecule has 2 atom stereocenters. The van der Waals surface area contributed by atoms with Crippen LogP contribution in [0.4, 0.5) is 0 Å². The van der Waals surface area contributed by atoms with Gasteiger partial charge in [0.05, 0.1) is 0 Å². The summed E-state index contributed by atoms with van der Waals surface area (Å²) < 4.78 is 0. The van der Waals surface area contributed by atoms with E-state index in [-0.39, 0.29) is 0 Å². The van der Waals surface area contributed by atoms with Crippen LogP contribution in [0.3, 0.4) is 0 Å². The minimum Gasteiger partial charge on any atom is -0.304 e. The van der Waals surface area contributed by atoms with Crippen molar-refractivity contribution in [1.82, 2.24) is 9.80 Å². The lowest BCUT2D eigenvalue weighted by Crippen LogP contribution is -2.52. The van der Waals surface area contributed by atoms with Crippen molar-refractivity contribution in [2.45, 2.75) is 45.5 Å². The number of fused-ring (bicyclic) bond motifs is 1. The molecule has 2 nitrogen and oxygen atoms in total. The predicted octanol–water partition coefficient (Wildman–Crippen LogP) is 1.50. The topological polar surface area (TPSA) is 6.48 Å². The maximum atomic E-state index is 2.68. The number of nitrogens with zero attached hydrogens (tertiary/aromatic N) is 2. The molecule has 1 radical (unpaired) electrons. The van der Waals surface area contributed by atoms with Gasteiger partial charge in [-0.05, 0) is 25.8 Å². The fourth-order valence-corrected chi connectivity index (χ4v) is 2.61. The fourth-order valence-electron chi connectivity index (χ4n) is 2.61. The van der Waals surface area contributed by atoms with Crippen molar-refractivity contribution in [2.24, 2.45) is 0 Å².